The number of hydrogen-bond donors (Lipinski definition) is 1. The van der Waals surface area contributed by atoms with Gasteiger partial charge in [-0.1, -0.05) is 66.7 Å². The summed E-state index contributed by atoms with van der Waals surface area (Å²) in [4.78, 5) is 10.4. The van der Waals surface area contributed by atoms with E-state index in [9.17, 15) is 4.79 Å². The zero-order chi connectivity index (χ0) is 13.5. The molecule has 0 radical (unpaired) electrons. The van der Waals surface area contributed by atoms with Crippen LogP contribution >= 0.6 is 0 Å². The summed E-state index contributed by atoms with van der Waals surface area (Å²) in [7, 11) is 0. The van der Waals surface area contributed by atoms with Gasteiger partial charge < -0.3 is 5.11 Å². The van der Waals surface area contributed by atoms with Crippen LogP contribution in [0.5, 0.6) is 0 Å². The number of carboxylic acids is 1. The fraction of sp³-hybridized carbons (Fsp3) is 0. The molecule has 0 aliphatic heterocycles. The molecule has 19 heavy (non-hydrogen) atoms. The second-order valence-corrected chi connectivity index (χ2v) is 4.08. The Kier molecular flexibility index (Phi) is 4.29. The molecule has 0 fully saturated rings. The van der Waals surface area contributed by atoms with Gasteiger partial charge in [-0.15, -0.1) is 0 Å². The summed E-state index contributed by atoms with van der Waals surface area (Å²) < 4.78 is 0. The smallest absolute Gasteiger partial charge is 0.328 e. The van der Waals surface area contributed by atoms with Crippen molar-refractivity contribution in [2.75, 3.05) is 0 Å². The molecule has 1 N–H and O–H groups in total. The zero-order valence-corrected chi connectivity index (χ0v) is 10.4. The van der Waals surface area contributed by atoms with Crippen molar-refractivity contribution in [3.05, 3.63) is 77.4 Å². The third kappa shape index (κ3) is 4.28. The van der Waals surface area contributed by atoms with Crippen molar-refractivity contribution in [1.29, 1.82) is 0 Å². The van der Waals surface area contributed by atoms with Crippen LogP contribution < -0.4 is 0 Å². The Morgan fingerprint density at radius 2 is 1.21 bits per heavy atom. The first kappa shape index (κ1) is 12.8. The van der Waals surface area contributed by atoms with Crippen LogP contribution in [-0.4, -0.2) is 11.1 Å². The lowest BCUT2D eigenvalue weighted by atomic mass is 10.1. The molecular weight excluding hydrogens is 236 g/mol. The summed E-state index contributed by atoms with van der Waals surface area (Å²) in [6.45, 7) is 0. The molecule has 0 saturated carbocycles. The first-order chi connectivity index (χ1) is 9.24. The van der Waals surface area contributed by atoms with Gasteiger partial charge >= 0.3 is 5.97 Å². The first-order valence-electron chi connectivity index (χ1n) is 5.98. The largest absolute Gasteiger partial charge is 0.478 e. The van der Waals surface area contributed by atoms with Crippen LogP contribution in [0.1, 0.15) is 16.7 Å². The summed E-state index contributed by atoms with van der Waals surface area (Å²) >= 11 is 0. The predicted octanol–water partition coefficient (Wildman–Crippen LogP) is 3.95. The molecule has 0 saturated heterocycles. The summed E-state index contributed by atoms with van der Waals surface area (Å²) in [6, 6.07) is 17.8. The van der Waals surface area contributed by atoms with Crippen molar-refractivity contribution in [3.8, 4) is 0 Å². The molecule has 0 aliphatic carbocycles. The van der Waals surface area contributed by atoms with Gasteiger partial charge in [-0.3, -0.25) is 0 Å². The van der Waals surface area contributed by atoms with Gasteiger partial charge in [0.15, 0.2) is 0 Å². The summed E-state index contributed by atoms with van der Waals surface area (Å²) in [5.41, 5.74) is 3.10. The first-order valence-corrected chi connectivity index (χ1v) is 5.98. The monoisotopic (exact) mass is 250 g/mol. The van der Waals surface area contributed by atoms with Crippen LogP contribution in [0.4, 0.5) is 0 Å². The molecule has 0 aromatic heterocycles. The Hall–Kier alpha value is -2.61. The van der Waals surface area contributed by atoms with Crippen molar-refractivity contribution in [2.45, 2.75) is 0 Å². The van der Waals surface area contributed by atoms with Gasteiger partial charge in [0.05, 0.1) is 0 Å². The Labute approximate surface area is 112 Å². The topological polar surface area (TPSA) is 37.3 Å². The van der Waals surface area contributed by atoms with E-state index >= 15 is 0 Å². The number of rotatable bonds is 4. The van der Waals surface area contributed by atoms with Gasteiger partial charge in [0.25, 0.3) is 0 Å². The van der Waals surface area contributed by atoms with Gasteiger partial charge in [-0.25, -0.2) is 4.79 Å². The number of hydrogen-bond acceptors (Lipinski definition) is 1. The molecular formula is C17H14O2. The molecule has 2 heteroatoms. The lowest BCUT2D eigenvalue weighted by Crippen LogP contribution is -1.85. The van der Waals surface area contributed by atoms with Gasteiger partial charge in [0.2, 0.25) is 0 Å². The number of carboxylic acid groups (broad SMARTS) is 1. The lowest BCUT2D eigenvalue weighted by molar-refractivity contribution is -0.131. The predicted molar refractivity (Wildman–Crippen MR) is 78.5 cm³/mol. The van der Waals surface area contributed by atoms with E-state index in [-0.39, 0.29) is 0 Å². The van der Waals surface area contributed by atoms with E-state index in [2.05, 4.69) is 0 Å². The molecule has 0 amide bonds. The molecule has 2 nitrogen and oxygen atoms in total. The molecule has 2 aromatic rings. The highest BCUT2D eigenvalue weighted by molar-refractivity contribution is 5.85. The van der Waals surface area contributed by atoms with Crippen LogP contribution in [0.15, 0.2) is 60.7 Å². The lowest BCUT2D eigenvalue weighted by Gasteiger charge is -1.96. The zero-order valence-electron chi connectivity index (χ0n) is 10.4. The summed E-state index contributed by atoms with van der Waals surface area (Å²) in [5.74, 6) is -0.937. The molecule has 0 heterocycles. The average Bonchev–Trinajstić information content (AvgIpc) is 2.45. The van der Waals surface area contributed by atoms with Crippen LogP contribution in [0, 0.1) is 0 Å². The highest BCUT2D eigenvalue weighted by atomic mass is 16.4. The number of carbonyl (C=O) groups is 1. The molecule has 0 aliphatic rings. The molecule has 0 unspecified atom stereocenters. The van der Waals surface area contributed by atoms with E-state index in [1.165, 1.54) is 0 Å². The van der Waals surface area contributed by atoms with Crippen molar-refractivity contribution in [3.63, 3.8) is 0 Å². The number of aliphatic carboxylic acids is 1. The molecule has 2 aromatic carbocycles. The quantitative estimate of drug-likeness (QED) is 0.659. The Balaban J connectivity index is 2.07. The van der Waals surface area contributed by atoms with E-state index in [4.69, 9.17) is 5.11 Å². The molecule has 0 bridgehead atoms. The van der Waals surface area contributed by atoms with Gasteiger partial charge in [-0.05, 0) is 22.8 Å². The standard InChI is InChI=1S/C17H14O2/c18-17(19)13-12-16-10-8-15(9-11-16)7-6-14-4-2-1-3-5-14/h1-13H,(H,18,19)/b7-6?,13-12+. The van der Waals surface area contributed by atoms with E-state index in [1.54, 1.807) is 6.08 Å². The van der Waals surface area contributed by atoms with E-state index < -0.39 is 5.97 Å². The molecule has 2 rings (SSSR count). The van der Waals surface area contributed by atoms with Crippen molar-refractivity contribution in [1.82, 2.24) is 0 Å². The maximum absolute atomic E-state index is 10.4. The van der Waals surface area contributed by atoms with E-state index in [0.29, 0.717) is 0 Å². The minimum atomic E-state index is -0.937. The van der Waals surface area contributed by atoms with Crippen LogP contribution in [0.2, 0.25) is 0 Å². The molecule has 0 atom stereocenters. The third-order valence-corrected chi connectivity index (χ3v) is 2.62. The average molecular weight is 250 g/mol. The Morgan fingerprint density at radius 1 is 0.737 bits per heavy atom. The molecule has 0 spiro atoms. The van der Waals surface area contributed by atoms with Crippen LogP contribution in [-0.2, 0) is 4.79 Å². The second kappa shape index (κ2) is 6.36. The Morgan fingerprint density at radius 3 is 1.74 bits per heavy atom. The number of benzene rings is 2. The maximum Gasteiger partial charge on any atom is 0.328 e. The minimum absolute atomic E-state index is 0.874. The SMILES string of the molecule is O=C(O)/C=C/c1ccc(C=Cc2ccccc2)cc1. The van der Waals surface area contributed by atoms with Crippen molar-refractivity contribution >= 4 is 24.2 Å². The minimum Gasteiger partial charge on any atom is -0.478 e. The maximum atomic E-state index is 10.4. The second-order valence-electron chi connectivity index (χ2n) is 4.08. The molecule has 94 valence electrons. The van der Waals surface area contributed by atoms with Gasteiger partial charge in [0.1, 0.15) is 0 Å². The van der Waals surface area contributed by atoms with Crippen LogP contribution in [0.3, 0.4) is 0 Å². The van der Waals surface area contributed by atoms with Crippen molar-refractivity contribution < 1.29 is 9.90 Å². The normalized spacial score (nSPS) is 11.2. The fourth-order valence-corrected chi connectivity index (χ4v) is 1.64. The highest BCUT2D eigenvalue weighted by Gasteiger charge is 1.91. The van der Waals surface area contributed by atoms with Crippen molar-refractivity contribution in [2.24, 2.45) is 0 Å². The summed E-state index contributed by atoms with van der Waals surface area (Å²) in [6.07, 6.45) is 6.78. The highest BCUT2D eigenvalue weighted by Crippen LogP contribution is 2.10. The Bertz CT molecular complexity index is 593. The van der Waals surface area contributed by atoms with Crippen LogP contribution in [0.25, 0.3) is 18.2 Å². The van der Waals surface area contributed by atoms with Gasteiger partial charge in [-0.2, -0.15) is 0 Å². The van der Waals surface area contributed by atoms with E-state index in [1.807, 2.05) is 66.7 Å². The third-order valence-electron chi connectivity index (χ3n) is 2.62. The summed E-state index contributed by atoms with van der Waals surface area (Å²) in [5, 5.41) is 8.54. The van der Waals surface area contributed by atoms with Gasteiger partial charge in [0, 0.05) is 6.08 Å². The van der Waals surface area contributed by atoms with E-state index in [0.717, 1.165) is 22.8 Å². The fourth-order valence-electron chi connectivity index (χ4n) is 1.64.